The van der Waals surface area contributed by atoms with E-state index in [-0.39, 0.29) is 0 Å². The lowest BCUT2D eigenvalue weighted by molar-refractivity contribution is 0.790. The number of anilines is 1. The molecule has 5 heteroatoms. The van der Waals surface area contributed by atoms with Gasteiger partial charge in [-0.2, -0.15) is 5.10 Å². The van der Waals surface area contributed by atoms with Crippen LogP contribution in [0, 0.1) is 6.92 Å². The third-order valence-electron chi connectivity index (χ3n) is 2.92. The maximum Gasteiger partial charge on any atom is 0.164 e. The number of aryl methyl sites for hydroxylation is 2. The monoisotopic (exact) mass is 239 g/mol. The zero-order valence-electron chi connectivity index (χ0n) is 10.3. The number of nitrogen functional groups attached to an aromatic ring is 1. The van der Waals surface area contributed by atoms with Gasteiger partial charge in [-0.25, -0.2) is 14.6 Å². The first-order chi connectivity index (χ1) is 8.66. The molecule has 2 heterocycles. The van der Waals surface area contributed by atoms with Gasteiger partial charge in [0.25, 0.3) is 0 Å². The van der Waals surface area contributed by atoms with Crippen LogP contribution in [0.4, 0.5) is 5.82 Å². The molecule has 0 atom stereocenters. The Hall–Kier alpha value is -2.43. The molecule has 0 aliphatic rings. The number of nitrogens with two attached hydrogens (primary N) is 1. The van der Waals surface area contributed by atoms with Gasteiger partial charge in [-0.05, 0) is 6.92 Å². The van der Waals surface area contributed by atoms with Crippen molar-refractivity contribution < 1.29 is 0 Å². The molecule has 3 aromatic rings. The van der Waals surface area contributed by atoms with Crippen molar-refractivity contribution in [3.05, 3.63) is 36.0 Å². The molecule has 0 saturated carbocycles. The summed E-state index contributed by atoms with van der Waals surface area (Å²) < 4.78 is 1.69. The number of hydrogen-bond acceptors (Lipinski definition) is 4. The Kier molecular flexibility index (Phi) is 2.26. The highest BCUT2D eigenvalue weighted by molar-refractivity contribution is 5.89. The molecule has 2 N–H and O–H groups in total. The van der Waals surface area contributed by atoms with E-state index in [4.69, 9.17) is 5.73 Å². The molecule has 0 unspecified atom stereocenters. The fraction of sp³-hybridized carbons (Fsp3) is 0.154. The maximum absolute atomic E-state index is 5.85. The van der Waals surface area contributed by atoms with E-state index in [1.165, 1.54) is 0 Å². The Labute approximate surface area is 104 Å². The van der Waals surface area contributed by atoms with Gasteiger partial charge < -0.3 is 5.73 Å². The number of nitrogens with zero attached hydrogens (tertiary/aromatic N) is 4. The van der Waals surface area contributed by atoms with Gasteiger partial charge >= 0.3 is 0 Å². The van der Waals surface area contributed by atoms with Crippen molar-refractivity contribution in [1.29, 1.82) is 0 Å². The smallest absolute Gasteiger partial charge is 0.164 e. The van der Waals surface area contributed by atoms with Gasteiger partial charge in [-0.1, -0.05) is 30.3 Å². The highest BCUT2D eigenvalue weighted by atomic mass is 15.3. The van der Waals surface area contributed by atoms with Crippen LogP contribution in [0.1, 0.15) is 5.69 Å². The standard InChI is InChI=1S/C13H13N5/c1-8-10-11(14)17-18(2)13(10)16-12(15-8)9-6-4-3-5-7-9/h3-7H,1-2H3,(H2,14,17). The van der Waals surface area contributed by atoms with E-state index < -0.39 is 0 Å². The van der Waals surface area contributed by atoms with Crippen LogP contribution < -0.4 is 5.73 Å². The molecule has 2 aromatic heterocycles. The van der Waals surface area contributed by atoms with Crippen LogP contribution in [0.5, 0.6) is 0 Å². The maximum atomic E-state index is 5.85. The normalized spacial score (nSPS) is 11.0. The minimum Gasteiger partial charge on any atom is -0.382 e. The second kappa shape index (κ2) is 3.80. The van der Waals surface area contributed by atoms with Crippen molar-refractivity contribution in [3.8, 4) is 11.4 Å². The van der Waals surface area contributed by atoms with Gasteiger partial charge in [0.15, 0.2) is 17.3 Å². The number of fused-ring (bicyclic) bond motifs is 1. The summed E-state index contributed by atoms with van der Waals surface area (Å²) in [6.07, 6.45) is 0. The Bertz CT molecular complexity index is 715. The van der Waals surface area contributed by atoms with Crippen molar-refractivity contribution >= 4 is 16.9 Å². The Morgan fingerprint density at radius 2 is 1.83 bits per heavy atom. The minimum absolute atomic E-state index is 0.476. The molecular weight excluding hydrogens is 226 g/mol. The molecule has 0 spiro atoms. The number of benzene rings is 1. The summed E-state index contributed by atoms with van der Waals surface area (Å²) in [6.45, 7) is 1.93. The minimum atomic E-state index is 0.476. The second-order valence-electron chi connectivity index (χ2n) is 4.21. The molecular formula is C13H13N5. The van der Waals surface area contributed by atoms with Crippen molar-refractivity contribution in [2.75, 3.05) is 5.73 Å². The molecule has 90 valence electrons. The van der Waals surface area contributed by atoms with Gasteiger partial charge in [-0.3, -0.25) is 0 Å². The quantitative estimate of drug-likeness (QED) is 0.704. The van der Waals surface area contributed by atoms with Crippen LogP contribution in [-0.2, 0) is 7.05 Å². The van der Waals surface area contributed by atoms with E-state index in [9.17, 15) is 0 Å². The zero-order chi connectivity index (χ0) is 12.7. The van der Waals surface area contributed by atoms with Crippen molar-refractivity contribution in [2.24, 2.45) is 7.05 Å². The van der Waals surface area contributed by atoms with Crippen LogP contribution in [0.3, 0.4) is 0 Å². The number of hydrogen-bond donors (Lipinski definition) is 1. The summed E-state index contributed by atoms with van der Waals surface area (Å²) in [5.41, 5.74) is 8.46. The molecule has 3 rings (SSSR count). The average molecular weight is 239 g/mol. The number of aromatic nitrogens is 4. The summed E-state index contributed by atoms with van der Waals surface area (Å²) in [5.74, 6) is 1.17. The molecule has 0 aliphatic carbocycles. The van der Waals surface area contributed by atoms with E-state index in [1.54, 1.807) is 4.68 Å². The Morgan fingerprint density at radius 1 is 1.11 bits per heavy atom. The molecule has 0 saturated heterocycles. The number of rotatable bonds is 1. The first-order valence-electron chi connectivity index (χ1n) is 5.69. The molecule has 1 aromatic carbocycles. The van der Waals surface area contributed by atoms with E-state index >= 15 is 0 Å². The predicted octanol–water partition coefficient (Wildman–Crippen LogP) is 1.92. The van der Waals surface area contributed by atoms with Crippen LogP contribution in [0.25, 0.3) is 22.4 Å². The molecule has 0 amide bonds. The SMILES string of the molecule is Cc1nc(-c2ccccc2)nc2c1c(N)nn2C. The summed E-state index contributed by atoms with van der Waals surface area (Å²) in [6, 6.07) is 9.88. The lowest BCUT2D eigenvalue weighted by Crippen LogP contribution is -1.97. The first kappa shape index (κ1) is 10.7. The summed E-state index contributed by atoms with van der Waals surface area (Å²) in [7, 11) is 1.83. The van der Waals surface area contributed by atoms with Gasteiger partial charge in [-0.15, -0.1) is 0 Å². The highest BCUT2D eigenvalue weighted by Crippen LogP contribution is 2.24. The average Bonchev–Trinajstić information content (AvgIpc) is 2.66. The molecule has 0 fully saturated rings. The summed E-state index contributed by atoms with van der Waals surface area (Å²) >= 11 is 0. The van der Waals surface area contributed by atoms with E-state index in [1.807, 2.05) is 44.3 Å². The lowest BCUT2D eigenvalue weighted by Gasteiger charge is -2.03. The van der Waals surface area contributed by atoms with Crippen molar-refractivity contribution in [1.82, 2.24) is 19.7 Å². The fourth-order valence-corrected chi connectivity index (χ4v) is 2.07. The van der Waals surface area contributed by atoms with E-state index in [0.717, 1.165) is 22.3 Å². The van der Waals surface area contributed by atoms with E-state index in [2.05, 4.69) is 15.1 Å². The summed E-state index contributed by atoms with van der Waals surface area (Å²) in [4.78, 5) is 9.04. The second-order valence-corrected chi connectivity index (χ2v) is 4.21. The van der Waals surface area contributed by atoms with Crippen molar-refractivity contribution in [2.45, 2.75) is 6.92 Å². The van der Waals surface area contributed by atoms with Crippen LogP contribution >= 0.6 is 0 Å². The summed E-state index contributed by atoms with van der Waals surface area (Å²) in [5, 5.41) is 5.01. The molecule has 0 bridgehead atoms. The Balaban J connectivity index is 2.31. The van der Waals surface area contributed by atoms with Gasteiger partial charge in [0.05, 0.1) is 11.1 Å². The molecule has 0 aliphatic heterocycles. The first-order valence-corrected chi connectivity index (χ1v) is 5.69. The lowest BCUT2D eigenvalue weighted by atomic mass is 10.2. The third-order valence-corrected chi connectivity index (χ3v) is 2.92. The molecule has 18 heavy (non-hydrogen) atoms. The highest BCUT2D eigenvalue weighted by Gasteiger charge is 2.13. The van der Waals surface area contributed by atoms with E-state index in [0.29, 0.717) is 11.6 Å². The van der Waals surface area contributed by atoms with Gasteiger partial charge in [0, 0.05) is 12.6 Å². The van der Waals surface area contributed by atoms with Gasteiger partial charge in [0.2, 0.25) is 0 Å². The van der Waals surface area contributed by atoms with Gasteiger partial charge in [0.1, 0.15) is 0 Å². The zero-order valence-corrected chi connectivity index (χ0v) is 10.3. The van der Waals surface area contributed by atoms with Crippen LogP contribution in [-0.4, -0.2) is 19.7 Å². The van der Waals surface area contributed by atoms with Crippen molar-refractivity contribution in [3.63, 3.8) is 0 Å². The Morgan fingerprint density at radius 3 is 2.56 bits per heavy atom. The van der Waals surface area contributed by atoms with Crippen LogP contribution in [0.2, 0.25) is 0 Å². The van der Waals surface area contributed by atoms with Crippen LogP contribution in [0.15, 0.2) is 30.3 Å². The topological polar surface area (TPSA) is 69.6 Å². The molecule has 5 nitrogen and oxygen atoms in total. The fourth-order valence-electron chi connectivity index (χ4n) is 2.07. The molecule has 0 radical (unpaired) electrons. The predicted molar refractivity (Wildman–Crippen MR) is 70.9 cm³/mol. The largest absolute Gasteiger partial charge is 0.382 e. The third kappa shape index (κ3) is 1.52.